The number of amides is 1. The van der Waals surface area contributed by atoms with Crippen LogP contribution in [0.5, 0.6) is 0 Å². The number of pyridine rings is 1. The summed E-state index contributed by atoms with van der Waals surface area (Å²) in [5.41, 5.74) is 2.87. The fraction of sp³-hybridized carbons (Fsp3) is 0.238. The zero-order valence-electron chi connectivity index (χ0n) is 16.6. The molecule has 3 aromatic rings. The topological polar surface area (TPSA) is 104 Å². The third-order valence-electron chi connectivity index (χ3n) is 4.90. The average molecular weight is 460 g/mol. The van der Waals surface area contributed by atoms with Crippen molar-refractivity contribution in [3.05, 3.63) is 63.6 Å². The molecule has 2 aromatic heterocycles. The first-order valence-electron chi connectivity index (χ1n) is 9.55. The van der Waals surface area contributed by atoms with Gasteiger partial charge < -0.3 is 19.7 Å². The van der Waals surface area contributed by atoms with E-state index < -0.39 is 0 Å². The van der Waals surface area contributed by atoms with E-state index in [-0.39, 0.29) is 24.3 Å². The van der Waals surface area contributed by atoms with Crippen LogP contribution in [-0.4, -0.2) is 39.3 Å². The lowest BCUT2D eigenvalue weighted by Crippen LogP contribution is -2.32. The summed E-state index contributed by atoms with van der Waals surface area (Å²) in [4.78, 5) is 19.0. The van der Waals surface area contributed by atoms with Crippen molar-refractivity contribution in [3.8, 4) is 11.5 Å². The van der Waals surface area contributed by atoms with Gasteiger partial charge in [0.2, 0.25) is 11.8 Å². The number of nitrogens with zero attached hydrogens (tertiary/aromatic N) is 4. The highest BCUT2D eigenvalue weighted by atomic mass is 35.5. The van der Waals surface area contributed by atoms with Gasteiger partial charge in [-0.1, -0.05) is 35.3 Å². The molecule has 1 aliphatic rings. The smallest absolute Gasteiger partial charge is 0.251 e. The maximum absolute atomic E-state index is 12.6. The Balaban J connectivity index is 1.43. The molecule has 1 aliphatic heterocycles. The van der Waals surface area contributed by atoms with E-state index in [1.807, 2.05) is 30.0 Å². The molecule has 0 radical (unpaired) electrons. The zero-order valence-corrected chi connectivity index (χ0v) is 18.1. The lowest BCUT2D eigenvalue weighted by molar-refractivity contribution is -0.113. The fourth-order valence-corrected chi connectivity index (χ4v) is 3.63. The molecule has 0 saturated heterocycles. The minimum atomic E-state index is -0.334. The number of benzene rings is 1. The number of aryl methyl sites for hydroxylation is 1. The number of aliphatic hydroxyl groups excluding tert-OH is 1. The highest BCUT2D eigenvalue weighted by molar-refractivity contribution is 6.33. The number of carbonyl (C=O) groups excluding carboxylic acids is 1. The maximum Gasteiger partial charge on any atom is 0.251 e. The molecule has 0 saturated carbocycles. The predicted octanol–water partition coefficient (Wildman–Crippen LogP) is 4.01. The van der Waals surface area contributed by atoms with Gasteiger partial charge in [0, 0.05) is 35.6 Å². The van der Waals surface area contributed by atoms with Crippen LogP contribution in [0, 0.1) is 6.92 Å². The van der Waals surface area contributed by atoms with E-state index in [0.29, 0.717) is 52.2 Å². The Bertz CT molecular complexity index is 1160. The van der Waals surface area contributed by atoms with E-state index in [9.17, 15) is 4.79 Å². The Morgan fingerprint density at radius 3 is 2.74 bits per heavy atom. The van der Waals surface area contributed by atoms with Crippen LogP contribution in [-0.2, 0) is 11.4 Å². The second-order valence-corrected chi connectivity index (χ2v) is 7.85. The van der Waals surface area contributed by atoms with Crippen LogP contribution in [0.25, 0.3) is 11.5 Å². The Hall–Kier alpha value is -2.94. The van der Waals surface area contributed by atoms with Crippen molar-refractivity contribution in [1.29, 1.82) is 0 Å². The lowest BCUT2D eigenvalue weighted by atomic mass is 10.1. The predicted molar refractivity (Wildman–Crippen MR) is 118 cm³/mol. The Kier molecular flexibility index (Phi) is 6.22. The molecule has 1 amide bonds. The van der Waals surface area contributed by atoms with Crippen molar-refractivity contribution >= 4 is 40.6 Å². The van der Waals surface area contributed by atoms with Crippen LogP contribution in [0.2, 0.25) is 10.0 Å². The second-order valence-electron chi connectivity index (χ2n) is 7.03. The maximum atomic E-state index is 12.6. The summed E-state index contributed by atoms with van der Waals surface area (Å²) in [6.45, 7) is 2.67. The van der Waals surface area contributed by atoms with Crippen LogP contribution in [0.1, 0.15) is 17.9 Å². The summed E-state index contributed by atoms with van der Waals surface area (Å²) in [6, 6.07) is 7.12. The molecule has 0 unspecified atom stereocenters. The second kappa shape index (κ2) is 9.05. The van der Waals surface area contributed by atoms with Crippen molar-refractivity contribution in [2.75, 3.05) is 23.3 Å². The Labute approximate surface area is 188 Å². The molecule has 0 bridgehead atoms. The number of aliphatic hydroxyl groups is 1. The molecular weight excluding hydrogens is 441 g/mol. The molecule has 2 N–H and O–H groups in total. The summed E-state index contributed by atoms with van der Waals surface area (Å²) >= 11 is 12.6. The minimum Gasteiger partial charge on any atom is -0.418 e. The van der Waals surface area contributed by atoms with Gasteiger partial charge >= 0.3 is 0 Å². The standard InChI is InChI=1S/C21H19Cl2N5O3/c1-12-2-3-15(9-16(12)22)25-20(30)13-4-6-28(7-5-13)19-17(23)8-14(10-24-19)21-27-26-18(11-29)31-21/h2-4,8-10,29H,5-7,11H2,1H3,(H,25,30). The number of nitrogens with one attached hydrogen (secondary N) is 1. The summed E-state index contributed by atoms with van der Waals surface area (Å²) < 4.78 is 5.32. The van der Waals surface area contributed by atoms with Crippen molar-refractivity contribution in [1.82, 2.24) is 15.2 Å². The van der Waals surface area contributed by atoms with Crippen LogP contribution in [0.3, 0.4) is 0 Å². The van der Waals surface area contributed by atoms with Gasteiger partial charge in [-0.25, -0.2) is 4.98 Å². The van der Waals surface area contributed by atoms with Gasteiger partial charge in [-0.2, -0.15) is 0 Å². The van der Waals surface area contributed by atoms with Gasteiger partial charge in [0.05, 0.1) is 10.6 Å². The zero-order chi connectivity index (χ0) is 22.0. The molecule has 10 heteroatoms. The minimum absolute atomic E-state index is 0.120. The highest BCUT2D eigenvalue weighted by Gasteiger charge is 2.21. The van der Waals surface area contributed by atoms with Crippen LogP contribution < -0.4 is 10.2 Å². The molecule has 0 aliphatic carbocycles. The van der Waals surface area contributed by atoms with E-state index in [0.717, 1.165) is 5.56 Å². The summed E-state index contributed by atoms with van der Waals surface area (Å²) in [5.74, 6) is 0.812. The van der Waals surface area contributed by atoms with Crippen molar-refractivity contribution in [2.24, 2.45) is 0 Å². The third kappa shape index (κ3) is 4.71. The van der Waals surface area contributed by atoms with Crippen molar-refractivity contribution in [2.45, 2.75) is 20.0 Å². The van der Waals surface area contributed by atoms with Gasteiger partial charge in [-0.3, -0.25) is 4.79 Å². The molecule has 1 aromatic carbocycles. The van der Waals surface area contributed by atoms with E-state index in [1.165, 1.54) is 0 Å². The van der Waals surface area contributed by atoms with Gasteiger partial charge in [-0.05, 0) is 37.1 Å². The number of anilines is 2. The first-order valence-corrected chi connectivity index (χ1v) is 10.3. The number of hydrogen-bond acceptors (Lipinski definition) is 7. The summed E-state index contributed by atoms with van der Waals surface area (Å²) in [6.07, 6.45) is 4.00. The number of carbonyl (C=O) groups is 1. The molecule has 4 rings (SSSR count). The first kappa shape index (κ1) is 21.3. The van der Waals surface area contributed by atoms with Crippen LogP contribution in [0.4, 0.5) is 11.5 Å². The highest BCUT2D eigenvalue weighted by Crippen LogP contribution is 2.30. The van der Waals surface area contributed by atoms with E-state index >= 15 is 0 Å². The molecule has 160 valence electrons. The molecule has 31 heavy (non-hydrogen) atoms. The van der Waals surface area contributed by atoms with Crippen LogP contribution >= 0.6 is 23.2 Å². The molecule has 0 atom stereocenters. The summed E-state index contributed by atoms with van der Waals surface area (Å²) in [5, 5.41) is 20.6. The van der Waals surface area contributed by atoms with Gasteiger partial charge in [0.1, 0.15) is 12.4 Å². The third-order valence-corrected chi connectivity index (χ3v) is 5.59. The number of halogens is 2. The molecule has 0 fully saturated rings. The number of rotatable bonds is 5. The molecule has 3 heterocycles. The van der Waals surface area contributed by atoms with E-state index in [1.54, 1.807) is 18.3 Å². The van der Waals surface area contributed by atoms with Gasteiger partial charge in [0.25, 0.3) is 5.91 Å². The fourth-order valence-electron chi connectivity index (χ4n) is 3.16. The van der Waals surface area contributed by atoms with E-state index in [2.05, 4.69) is 20.5 Å². The van der Waals surface area contributed by atoms with Gasteiger partial charge in [-0.15, -0.1) is 10.2 Å². The van der Waals surface area contributed by atoms with E-state index in [4.69, 9.17) is 32.7 Å². The number of hydrogen-bond donors (Lipinski definition) is 2. The first-order chi connectivity index (χ1) is 14.9. The summed E-state index contributed by atoms with van der Waals surface area (Å²) in [7, 11) is 0. The Morgan fingerprint density at radius 2 is 2.10 bits per heavy atom. The lowest BCUT2D eigenvalue weighted by Gasteiger charge is -2.27. The average Bonchev–Trinajstić information content (AvgIpc) is 3.26. The molecular formula is C21H19Cl2N5O3. The van der Waals surface area contributed by atoms with Crippen LogP contribution in [0.15, 0.2) is 46.5 Å². The largest absolute Gasteiger partial charge is 0.418 e. The van der Waals surface area contributed by atoms with Crippen molar-refractivity contribution in [3.63, 3.8) is 0 Å². The normalized spacial score (nSPS) is 13.8. The molecule has 8 nitrogen and oxygen atoms in total. The van der Waals surface area contributed by atoms with Crippen molar-refractivity contribution < 1.29 is 14.3 Å². The Morgan fingerprint density at radius 1 is 1.26 bits per heavy atom. The quantitative estimate of drug-likeness (QED) is 0.593. The monoisotopic (exact) mass is 459 g/mol. The SMILES string of the molecule is Cc1ccc(NC(=O)C2=CCN(c3ncc(-c4nnc(CO)o4)cc3Cl)CC2)cc1Cl. The molecule has 0 spiro atoms. The number of aromatic nitrogens is 3. The van der Waals surface area contributed by atoms with Gasteiger partial charge in [0.15, 0.2) is 0 Å².